The van der Waals surface area contributed by atoms with Crippen LogP contribution < -0.4 is 10.5 Å². The van der Waals surface area contributed by atoms with Crippen LogP contribution in [0, 0.1) is 17.1 Å². The average molecular weight is 424 g/mol. The third-order valence-electron chi connectivity index (χ3n) is 5.56. The lowest BCUT2D eigenvalue weighted by Crippen LogP contribution is -2.18. The molecule has 0 saturated heterocycles. The van der Waals surface area contributed by atoms with Gasteiger partial charge in [-0.25, -0.2) is 4.39 Å². The SMILES string of the molecule is C[C@@H](NS/C=C/C(=N)C1=C(N)C(Cc2cccc(F)c2)CCCC1)c1ccccc1. The van der Waals surface area contributed by atoms with E-state index in [2.05, 4.69) is 23.8 Å². The molecule has 3 rings (SSSR count). The molecule has 4 N–H and O–H groups in total. The first-order valence-corrected chi connectivity index (χ1v) is 11.4. The Labute approximate surface area is 183 Å². The summed E-state index contributed by atoms with van der Waals surface area (Å²) in [7, 11) is 0. The van der Waals surface area contributed by atoms with Crippen molar-refractivity contribution >= 4 is 17.7 Å². The third-order valence-corrected chi connectivity index (χ3v) is 6.32. The van der Waals surface area contributed by atoms with E-state index in [0.29, 0.717) is 5.71 Å². The van der Waals surface area contributed by atoms with E-state index < -0.39 is 0 Å². The molecule has 0 aliphatic heterocycles. The second-order valence-corrected chi connectivity index (χ2v) is 8.54. The minimum Gasteiger partial charge on any atom is -0.402 e. The van der Waals surface area contributed by atoms with E-state index in [1.807, 2.05) is 35.7 Å². The Balaban J connectivity index is 1.61. The summed E-state index contributed by atoms with van der Waals surface area (Å²) in [6, 6.07) is 17.2. The molecule has 0 heterocycles. The number of rotatable bonds is 8. The number of allylic oxidation sites excluding steroid dienone is 3. The number of nitrogens with one attached hydrogen (secondary N) is 2. The molecule has 0 amide bonds. The quantitative estimate of drug-likeness (QED) is 0.345. The van der Waals surface area contributed by atoms with Crippen LogP contribution in [0.5, 0.6) is 0 Å². The third kappa shape index (κ3) is 6.31. The molecule has 0 saturated carbocycles. The fourth-order valence-electron chi connectivity index (χ4n) is 3.84. The summed E-state index contributed by atoms with van der Waals surface area (Å²) in [5.74, 6) is -0.0595. The highest BCUT2D eigenvalue weighted by Crippen LogP contribution is 2.30. The molecular formula is C25H30FN3S. The highest BCUT2D eigenvalue weighted by Gasteiger charge is 2.21. The van der Waals surface area contributed by atoms with Gasteiger partial charge in [0.05, 0.1) is 5.71 Å². The Morgan fingerprint density at radius 2 is 2.03 bits per heavy atom. The van der Waals surface area contributed by atoms with Crippen molar-refractivity contribution in [3.05, 3.63) is 94.3 Å². The van der Waals surface area contributed by atoms with Crippen LogP contribution in [-0.4, -0.2) is 5.71 Å². The van der Waals surface area contributed by atoms with E-state index in [0.717, 1.165) is 48.9 Å². The van der Waals surface area contributed by atoms with E-state index in [4.69, 9.17) is 11.1 Å². The number of halogens is 1. The Bertz CT molecular complexity index is 908. The highest BCUT2D eigenvalue weighted by molar-refractivity contribution is 8.00. The van der Waals surface area contributed by atoms with Gasteiger partial charge >= 0.3 is 0 Å². The molecule has 0 bridgehead atoms. The standard InChI is InChI=1S/C25H30FN3S/c1-18(20-9-3-2-4-10-20)29-30-15-14-24(27)23-13-6-5-11-21(25(23)28)16-19-8-7-12-22(26)17-19/h2-4,7-10,12,14-15,17-18,21,27,29H,5-6,11,13,16,28H2,1H3/b15-14+,27-24?/t18-,21?/m1/s1. The molecule has 30 heavy (non-hydrogen) atoms. The Morgan fingerprint density at radius 1 is 1.23 bits per heavy atom. The van der Waals surface area contributed by atoms with Gasteiger partial charge in [-0.1, -0.05) is 60.8 Å². The summed E-state index contributed by atoms with van der Waals surface area (Å²) in [4.78, 5) is 0. The molecule has 0 fully saturated rings. The normalized spacial score (nSPS) is 18.4. The number of nitrogens with two attached hydrogens (primary N) is 1. The molecule has 1 aliphatic rings. The lowest BCUT2D eigenvalue weighted by Gasteiger charge is -2.18. The van der Waals surface area contributed by atoms with Gasteiger partial charge in [-0.2, -0.15) is 0 Å². The number of benzene rings is 2. The molecule has 0 spiro atoms. The Morgan fingerprint density at radius 3 is 2.80 bits per heavy atom. The van der Waals surface area contributed by atoms with Crippen molar-refractivity contribution in [1.82, 2.24) is 4.72 Å². The number of hydrogen-bond acceptors (Lipinski definition) is 4. The maximum Gasteiger partial charge on any atom is 0.123 e. The van der Waals surface area contributed by atoms with Gasteiger partial charge in [0.2, 0.25) is 0 Å². The molecule has 5 heteroatoms. The second-order valence-electron chi connectivity index (χ2n) is 7.80. The van der Waals surface area contributed by atoms with Gasteiger partial charge in [-0.3, -0.25) is 4.72 Å². The fraction of sp³-hybridized carbons (Fsp3) is 0.320. The van der Waals surface area contributed by atoms with Crippen LogP contribution in [0.3, 0.4) is 0 Å². The molecule has 1 unspecified atom stereocenters. The second kappa shape index (κ2) is 11.1. The molecule has 2 aromatic rings. The molecular weight excluding hydrogens is 393 g/mol. The van der Waals surface area contributed by atoms with Crippen LogP contribution in [0.25, 0.3) is 0 Å². The first-order valence-electron chi connectivity index (χ1n) is 10.5. The van der Waals surface area contributed by atoms with Crippen molar-refractivity contribution in [3.8, 4) is 0 Å². The number of hydrogen-bond donors (Lipinski definition) is 3. The molecule has 1 aliphatic carbocycles. The van der Waals surface area contributed by atoms with Crippen molar-refractivity contribution in [2.45, 2.75) is 45.1 Å². The maximum atomic E-state index is 13.5. The highest BCUT2D eigenvalue weighted by atomic mass is 32.2. The van der Waals surface area contributed by atoms with Crippen LogP contribution in [-0.2, 0) is 6.42 Å². The van der Waals surface area contributed by atoms with Crippen molar-refractivity contribution in [2.24, 2.45) is 11.7 Å². The van der Waals surface area contributed by atoms with E-state index >= 15 is 0 Å². The lowest BCUT2D eigenvalue weighted by molar-refractivity contribution is 0.530. The zero-order valence-corrected chi connectivity index (χ0v) is 18.2. The minimum absolute atomic E-state index is 0.155. The van der Waals surface area contributed by atoms with Crippen molar-refractivity contribution in [3.63, 3.8) is 0 Å². The summed E-state index contributed by atoms with van der Waals surface area (Å²) < 4.78 is 16.9. The van der Waals surface area contributed by atoms with Gasteiger partial charge in [-0.15, -0.1) is 0 Å². The Kier molecular flexibility index (Phi) is 8.29. The Hall–Kier alpha value is -2.37. The van der Waals surface area contributed by atoms with Crippen LogP contribution in [0.15, 0.2) is 77.4 Å². The zero-order chi connectivity index (χ0) is 21.3. The molecule has 158 valence electrons. The average Bonchev–Trinajstić information content (AvgIpc) is 2.93. The van der Waals surface area contributed by atoms with Crippen molar-refractivity contribution in [2.75, 3.05) is 0 Å². The first kappa shape index (κ1) is 22.3. The van der Waals surface area contributed by atoms with Gasteiger partial charge in [0.1, 0.15) is 5.82 Å². The van der Waals surface area contributed by atoms with Gasteiger partial charge < -0.3 is 11.1 Å². The van der Waals surface area contributed by atoms with Crippen molar-refractivity contribution < 1.29 is 4.39 Å². The topological polar surface area (TPSA) is 61.9 Å². The van der Waals surface area contributed by atoms with E-state index in [9.17, 15) is 4.39 Å². The molecule has 3 nitrogen and oxygen atoms in total. The maximum absolute atomic E-state index is 13.5. The van der Waals surface area contributed by atoms with Crippen LogP contribution in [0.1, 0.15) is 49.8 Å². The predicted octanol–water partition coefficient (Wildman–Crippen LogP) is 6.30. The summed E-state index contributed by atoms with van der Waals surface area (Å²) >= 11 is 1.48. The monoisotopic (exact) mass is 423 g/mol. The summed E-state index contributed by atoms with van der Waals surface area (Å²) in [5.41, 5.74) is 10.9. The largest absolute Gasteiger partial charge is 0.402 e. The summed E-state index contributed by atoms with van der Waals surface area (Å²) in [5, 5.41) is 10.4. The molecule has 2 atom stereocenters. The fourth-order valence-corrected chi connectivity index (χ4v) is 4.47. The van der Waals surface area contributed by atoms with Gasteiger partial charge in [0.15, 0.2) is 0 Å². The summed E-state index contributed by atoms with van der Waals surface area (Å²) in [6.45, 7) is 2.12. The van der Waals surface area contributed by atoms with Gasteiger partial charge in [-0.05, 0) is 72.9 Å². The van der Waals surface area contributed by atoms with Crippen LogP contribution in [0.4, 0.5) is 4.39 Å². The van der Waals surface area contributed by atoms with Crippen LogP contribution in [0.2, 0.25) is 0 Å². The molecule has 0 radical (unpaired) electrons. The van der Waals surface area contributed by atoms with E-state index in [-0.39, 0.29) is 17.8 Å². The first-order chi connectivity index (χ1) is 14.5. The smallest absolute Gasteiger partial charge is 0.123 e. The van der Waals surface area contributed by atoms with Crippen molar-refractivity contribution in [1.29, 1.82) is 5.41 Å². The van der Waals surface area contributed by atoms with Gasteiger partial charge in [0.25, 0.3) is 0 Å². The molecule has 2 aromatic carbocycles. The van der Waals surface area contributed by atoms with E-state index in [1.54, 1.807) is 12.1 Å². The van der Waals surface area contributed by atoms with E-state index in [1.165, 1.54) is 23.6 Å². The predicted molar refractivity (Wildman–Crippen MR) is 126 cm³/mol. The zero-order valence-electron chi connectivity index (χ0n) is 17.4. The molecule has 0 aromatic heterocycles. The lowest BCUT2D eigenvalue weighted by atomic mass is 9.90. The summed E-state index contributed by atoms with van der Waals surface area (Å²) in [6.07, 6.45) is 6.45. The van der Waals surface area contributed by atoms with Gasteiger partial charge in [0, 0.05) is 17.7 Å². The van der Waals surface area contributed by atoms with Crippen LogP contribution >= 0.6 is 11.9 Å². The minimum atomic E-state index is -0.214.